The fraction of sp³-hybridized carbons (Fsp3) is 0.585. The first-order valence-electron chi connectivity index (χ1n) is 22.2. The molecule has 3 rings (SSSR count). The predicted molar refractivity (Wildman–Crippen MR) is 247 cm³/mol. The monoisotopic (exact) mass is 1030 g/mol. The summed E-state index contributed by atoms with van der Waals surface area (Å²) >= 11 is 1.81. The third-order valence-corrected chi connectivity index (χ3v) is 14.6. The molecular formula is C41H62N12O15S2. The first kappa shape index (κ1) is 57.6. The van der Waals surface area contributed by atoms with Crippen LogP contribution in [-0.4, -0.2) is 152 Å². The summed E-state index contributed by atoms with van der Waals surface area (Å²) in [6.07, 6.45) is 0.555. The van der Waals surface area contributed by atoms with Crippen LogP contribution in [0.2, 0.25) is 0 Å². The van der Waals surface area contributed by atoms with Crippen molar-refractivity contribution in [3.63, 3.8) is 0 Å². The van der Waals surface area contributed by atoms with Gasteiger partial charge in [-0.05, 0) is 69.2 Å². The zero-order valence-electron chi connectivity index (χ0n) is 38.4. The van der Waals surface area contributed by atoms with Crippen molar-refractivity contribution >= 4 is 86.7 Å². The number of rotatable bonds is 32. The smallest absolute Gasteiger partial charge is 0.315 e. The Kier molecular flexibility index (Phi) is 23.6. The van der Waals surface area contributed by atoms with Crippen molar-refractivity contribution in [2.45, 2.75) is 123 Å². The number of benzene rings is 1. The molecule has 2 aliphatic rings. The number of ether oxygens (including phenoxy) is 1. The molecular weight excluding hydrogens is 965 g/mol. The summed E-state index contributed by atoms with van der Waals surface area (Å²) in [6, 6.07) is 0.257. The molecule has 70 heavy (non-hydrogen) atoms. The molecule has 0 bridgehead atoms. The van der Waals surface area contributed by atoms with Crippen molar-refractivity contribution in [1.29, 1.82) is 0 Å². The molecule has 2 saturated heterocycles. The first-order chi connectivity index (χ1) is 33.1. The number of carbonyl (C=O) groups is 11. The number of hydroxylamine groups is 1. The van der Waals surface area contributed by atoms with Crippen molar-refractivity contribution in [2.75, 3.05) is 32.5 Å². The Morgan fingerprint density at radius 3 is 1.96 bits per heavy atom. The minimum absolute atomic E-state index is 0.105. The van der Waals surface area contributed by atoms with Gasteiger partial charge in [0.15, 0.2) is 15.1 Å². The van der Waals surface area contributed by atoms with Gasteiger partial charge < -0.3 is 64.5 Å². The highest BCUT2D eigenvalue weighted by molar-refractivity contribution is 8.00. The molecule has 1 unspecified atom stereocenters. The Bertz CT molecular complexity index is 2180. The van der Waals surface area contributed by atoms with E-state index in [1.165, 1.54) is 24.7 Å². The lowest BCUT2D eigenvalue weighted by molar-refractivity contribution is -0.134. The number of nitrogens with one attached hydrogen (secondary N) is 9. The summed E-state index contributed by atoms with van der Waals surface area (Å²) in [4.78, 5) is 137. The van der Waals surface area contributed by atoms with E-state index in [0.29, 0.717) is 37.5 Å². The fourth-order valence-electron chi connectivity index (χ4n) is 7.26. The van der Waals surface area contributed by atoms with Gasteiger partial charge in [0.1, 0.15) is 23.9 Å². The largest absolute Gasteiger partial charge is 0.497 e. The number of amides is 12. The molecule has 0 spiro atoms. The lowest BCUT2D eigenvalue weighted by Gasteiger charge is -2.24. The zero-order chi connectivity index (χ0) is 52.0. The third kappa shape index (κ3) is 19.3. The number of fused-ring (bicyclic) bond motifs is 1. The van der Waals surface area contributed by atoms with Gasteiger partial charge >= 0.3 is 6.03 Å². The van der Waals surface area contributed by atoms with E-state index in [1.807, 2.05) is 11.8 Å². The number of thioether (sulfide) groups is 1. The van der Waals surface area contributed by atoms with Crippen molar-refractivity contribution in [2.24, 2.45) is 17.2 Å². The summed E-state index contributed by atoms with van der Waals surface area (Å²) in [6.45, 7) is -1.11. The molecule has 0 radical (unpaired) electrons. The maximum atomic E-state index is 13.6. The van der Waals surface area contributed by atoms with Gasteiger partial charge in [-0.25, -0.2) is 18.7 Å². The van der Waals surface area contributed by atoms with Gasteiger partial charge in [-0.3, -0.25) is 53.2 Å². The Hall–Kier alpha value is -6.75. The third-order valence-electron chi connectivity index (χ3n) is 11.0. The van der Waals surface area contributed by atoms with E-state index in [2.05, 4.69) is 42.5 Å². The number of urea groups is 1. The molecule has 0 aliphatic carbocycles. The Morgan fingerprint density at radius 1 is 0.714 bits per heavy atom. The lowest BCUT2D eigenvalue weighted by Crippen LogP contribution is -2.56. The summed E-state index contributed by atoms with van der Waals surface area (Å²) in [5, 5.41) is 27.1. The fourth-order valence-corrected chi connectivity index (χ4v) is 10.4. The van der Waals surface area contributed by atoms with Gasteiger partial charge in [0.25, 0.3) is 0 Å². The molecule has 2 heterocycles. The maximum absolute atomic E-state index is 13.6. The van der Waals surface area contributed by atoms with Crippen molar-refractivity contribution < 1.29 is 71.1 Å². The van der Waals surface area contributed by atoms with E-state index in [-0.39, 0.29) is 36.2 Å². The Balaban J connectivity index is 1.49. The van der Waals surface area contributed by atoms with Gasteiger partial charge in [-0.15, -0.1) is 0 Å². The van der Waals surface area contributed by atoms with Crippen LogP contribution in [0.15, 0.2) is 29.2 Å². The maximum Gasteiger partial charge on any atom is 0.315 e. The highest BCUT2D eigenvalue weighted by Crippen LogP contribution is 2.33. The second-order valence-electron chi connectivity index (χ2n) is 16.3. The molecule has 16 N–H and O–H groups in total. The van der Waals surface area contributed by atoms with Gasteiger partial charge in [-0.1, -0.05) is 6.42 Å². The molecule has 27 nitrogen and oxygen atoms in total. The summed E-state index contributed by atoms with van der Waals surface area (Å²) < 4.78 is 32.1. The van der Waals surface area contributed by atoms with Gasteiger partial charge in [-0.2, -0.15) is 11.8 Å². The molecule has 29 heteroatoms. The summed E-state index contributed by atoms with van der Waals surface area (Å²) in [5.41, 5.74) is 17.2. The van der Waals surface area contributed by atoms with Gasteiger partial charge in [0, 0.05) is 36.8 Å². The number of methoxy groups -OCH3 is 1. The van der Waals surface area contributed by atoms with Gasteiger partial charge in [0.2, 0.25) is 59.1 Å². The molecule has 7 atom stereocenters. The van der Waals surface area contributed by atoms with E-state index >= 15 is 0 Å². The lowest BCUT2D eigenvalue weighted by atomic mass is 10.0. The molecule has 0 aromatic heterocycles. The summed E-state index contributed by atoms with van der Waals surface area (Å²) in [5.74, 6) is -8.40. The predicted octanol–water partition coefficient (Wildman–Crippen LogP) is -4.55. The molecule has 388 valence electrons. The zero-order valence-corrected chi connectivity index (χ0v) is 40.0. The van der Waals surface area contributed by atoms with E-state index in [1.54, 1.807) is 0 Å². The van der Waals surface area contributed by atoms with Crippen LogP contribution in [0.4, 0.5) is 4.79 Å². The van der Waals surface area contributed by atoms with Gasteiger partial charge in [0.05, 0.1) is 43.6 Å². The molecule has 1 aromatic rings. The minimum atomic E-state index is -4.72. The van der Waals surface area contributed by atoms with Crippen LogP contribution in [0.1, 0.15) is 77.0 Å². The average molecular weight is 1030 g/mol. The van der Waals surface area contributed by atoms with E-state index < -0.39 is 136 Å². The van der Waals surface area contributed by atoms with Crippen LogP contribution in [0.3, 0.4) is 0 Å². The SMILES string of the molecule is COc1ccc(S(=O)(=O)C(CC(=O)NO)C(=O)N[C@@H](CCC(N)=O)C(=O)N[C@@H](CCC(N)=O)C(=O)NCC(=O)NCC(=O)N[C@@H](CCCCNC(=O)CCCC[C@@H]2SC[C@@H]3NC(=O)N[C@@H]32)C(N)=O)cc1. The molecule has 0 saturated carbocycles. The van der Waals surface area contributed by atoms with Crippen LogP contribution in [0.5, 0.6) is 5.75 Å². The molecule has 2 aliphatic heterocycles. The van der Waals surface area contributed by atoms with Crippen LogP contribution in [0, 0.1) is 0 Å². The van der Waals surface area contributed by atoms with Crippen LogP contribution >= 0.6 is 11.8 Å². The van der Waals surface area contributed by atoms with E-state index in [0.717, 1.165) is 30.7 Å². The highest BCUT2D eigenvalue weighted by atomic mass is 32.2. The number of nitrogens with two attached hydrogens (primary N) is 3. The van der Waals surface area contributed by atoms with Crippen LogP contribution < -0.4 is 70.0 Å². The second-order valence-corrected chi connectivity index (χ2v) is 19.7. The summed E-state index contributed by atoms with van der Waals surface area (Å²) in [7, 11) is -3.40. The van der Waals surface area contributed by atoms with Crippen molar-refractivity contribution in [3.8, 4) is 5.75 Å². The quantitative estimate of drug-likeness (QED) is 0.0140. The number of carbonyl (C=O) groups excluding carboxylic acids is 11. The van der Waals surface area contributed by atoms with Crippen LogP contribution in [0.25, 0.3) is 0 Å². The molecule has 2 fully saturated rings. The standard InChI is InChI=1S/C41H62N12O15S2/c1-68-22-9-11-23(12-10-22)70(66,67)29(18-33(57)53-65)40(63)50-26(14-16-31(43)55)39(62)49-25(13-15-30(42)54)38(61)47-19-34(58)46-20-35(59)48-24(37(44)60)6-4-5-17-45-32(56)8-3-2-7-28-36-27(21-69-28)51-41(64)52-36/h9-12,24-29,36,65H,2-8,13-21H2,1H3,(H2,42,54)(H2,43,55)(H2,44,60)(H,45,56)(H,46,58)(H,47,61)(H,48,59)(H,49,62)(H,50,63)(H,53,57)(H2,51,52,64)/t24-,25-,26-,27-,28-,29?,36-/m0/s1. The number of hydrogen-bond donors (Lipinski definition) is 13. The van der Waals surface area contributed by atoms with Crippen LogP contribution in [-0.2, 0) is 57.8 Å². The number of unbranched alkanes of at least 4 members (excludes halogenated alkanes) is 2. The number of hydrogen-bond acceptors (Lipinski definition) is 16. The Morgan fingerprint density at radius 2 is 1.34 bits per heavy atom. The highest BCUT2D eigenvalue weighted by Gasteiger charge is 2.43. The first-order valence-corrected chi connectivity index (χ1v) is 24.8. The second kappa shape index (κ2) is 28.7. The van der Waals surface area contributed by atoms with E-state index in [4.69, 9.17) is 27.1 Å². The molecule has 12 amide bonds. The minimum Gasteiger partial charge on any atom is -0.497 e. The topological polar surface area (TPSA) is 438 Å². The Labute approximate surface area is 407 Å². The normalized spacial score (nSPS) is 17.6. The van der Waals surface area contributed by atoms with E-state index in [9.17, 15) is 61.2 Å². The molecule has 1 aromatic carbocycles. The van der Waals surface area contributed by atoms with Crippen molar-refractivity contribution in [1.82, 2.24) is 48.0 Å². The van der Waals surface area contributed by atoms with Crippen molar-refractivity contribution in [3.05, 3.63) is 24.3 Å². The average Bonchev–Trinajstić information content (AvgIpc) is 3.88. The number of primary amides is 3. The number of sulfone groups is 1.